The predicted molar refractivity (Wildman–Crippen MR) is 57.9 cm³/mol. The van der Waals surface area contributed by atoms with Crippen molar-refractivity contribution in [2.75, 3.05) is 0 Å². The summed E-state index contributed by atoms with van der Waals surface area (Å²) in [4.78, 5) is 0. The quantitative estimate of drug-likeness (QED) is 0.785. The maximum absolute atomic E-state index is 6.02. The monoisotopic (exact) mass is 197 g/mol. The molecule has 0 heterocycles. The summed E-state index contributed by atoms with van der Waals surface area (Å²) in [5.41, 5.74) is 7.06. The molecule has 13 heavy (non-hydrogen) atoms. The number of nitrogens with two attached hydrogens (primary N) is 1. The normalized spacial score (nSPS) is 12.8. The molecule has 1 nitrogen and oxygen atoms in total. The number of rotatable bonds is 4. The molecule has 0 spiro atoms. The van der Waals surface area contributed by atoms with Gasteiger partial charge in [-0.1, -0.05) is 49.6 Å². The van der Waals surface area contributed by atoms with Gasteiger partial charge in [0.25, 0.3) is 0 Å². The zero-order chi connectivity index (χ0) is 9.68. The van der Waals surface area contributed by atoms with Crippen LogP contribution in [0.1, 0.15) is 37.8 Å². The van der Waals surface area contributed by atoms with Crippen LogP contribution in [0.3, 0.4) is 0 Å². The van der Waals surface area contributed by atoms with Crippen LogP contribution in [0.25, 0.3) is 0 Å². The summed E-state index contributed by atoms with van der Waals surface area (Å²) in [6.45, 7) is 2.17. The average Bonchev–Trinajstić information content (AvgIpc) is 2.15. The Morgan fingerprint density at radius 2 is 2.08 bits per heavy atom. The molecule has 0 saturated carbocycles. The van der Waals surface area contributed by atoms with Crippen LogP contribution in [0.5, 0.6) is 0 Å². The molecule has 0 aromatic heterocycles. The minimum Gasteiger partial charge on any atom is -0.324 e. The van der Waals surface area contributed by atoms with Crippen molar-refractivity contribution in [3.63, 3.8) is 0 Å². The maximum atomic E-state index is 6.02. The summed E-state index contributed by atoms with van der Waals surface area (Å²) in [6.07, 6.45) is 3.35. The van der Waals surface area contributed by atoms with Crippen molar-refractivity contribution >= 4 is 11.6 Å². The van der Waals surface area contributed by atoms with Gasteiger partial charge in [0.05, 0.1) is 0 Å². The highest BCUT2D eigenvalue weighted by molar-refractivity contribution is 6.31. The van der Waals surface area contributed by atoms with Crippen molar-refractivity contribution in [1.82, 2.24) is 0 Å². The van der Waals surface area contributed by atoms with Gasteiger partial charge in [0, 0.05) is 11.1 Å². The molecule has 0 amide bonds. The van der Waals surface area contributed by atoms with Gasteiger partial charge in [-0.3, -0.25) is 0 Å². The summed E-state index contributed by atoms with van der Waals surface area (Å²) >= 11 is 6.02. The largest absolute Gasteiger partial charge is 0.324 e. The molecule has 2 N–H and O–H groups in total. The van der Waals surface area contributed by atoms with Gasteiger partial charge in [0.1, 0.15) is 0 Å². The molecule has 72 valence electrons. The van der Waals surface area contributed by atoms with E-state index in [1.165, 1.54) is 6.42 Å². The molecule has 0 bridgehead atoms. The fourth-order valence-electron chi connectivity index (χ4n) is 1.36. The van der Waals surface area contributed by atoms with Gasteiger partial charge in [-0.15, -0.1) is 0 Å². The number of hydrogen-bond acceptors (Lipinski definition) is 1. The second-order valence-corrected chi connectivity index (χ2v) is 3.68. The second kappa shape index (κ2) is 5.25. The van der Waals surface area contributed by atoms with E-state index in [1.807, 2.05) is 24.3 Å². The molecule has 2 heteroatoms. The van der Waals surface area contributed by atoms with Crippen molar-refractivity contribution in [3.8, 4) is 0 Å². The van der Waals surface area contributed by atoms with Crippen molar-refractivity contribution in [2.45, 2.75) is 32.2 Å². The minimum atomic E-state index is 0.0913. The summed E-state index contributed by atoms with van der Waals surface area (Å²) in [7, 11) is 0. The molecule has 0 fully saturated rings. The van der Waals surface area contributed by atoms with E-state index in [1.54, 1.807) is 0 Å². The zero-order valence-electron chi connectivity index (χ0n) is 7.96. The number of hydrogen-bond donors (Lipinski definition) is 1. The first-order valence-corrected chi connectivity index (χ1v) is 5.13. The van der Waals surface area contributed by atoms with Crippen LogP contribution in [0.4, 0.5) is 0 Å². The van der Waals surface area contributed by atoms with Crippen molar-refractivity contribution in [2.24, 2.45) is 5.73 Å². The van der Waals surface area contributed by atoms with E-state index in [4.69, 9.17) is 17.3 Å². The van der Waals surface area contributed by atoms with Crippen molar-refractivity contribution in [3.05, 3.63) is 34.9 Å². The molecular formula is C11H16ClN. The molecule has 0 saturated heterocycles. The van der Waals surface area contributed by atoms with Gasteiger partial charge in [0.2, 0.25) is 0 Å². The van der Waals surface area contributed by atoms with Gasteiger partial charge < -0.3 is 5.73 Å². The Balaban J connectivity index is 2.65. The molecular weight excluding hydrogens is 182 g/mol. The van der Waals surface area contributed by atoms with Crippen LogP contribution in [0, 0.1) is 0 Å². The van der Waals surface area contributed by atoms with E-state index in [0.29, 0.717) is 0 Å². The molecule has 1 aromatic rings. The average molecular weight is 198 g/mol. The summed E-state index contributed by atoms with van der Waals surface area (Å²) in [5, 5.41) is 0.783. The van der Waals surface area contributed by atoms with Gasteiger partial charge in [-0.05, 0) is 18.1 Å². The third kappa shape index (κ3) is 3.02. The van der Waals surface area contributed by atoms with Crippen LogP contribution in [-0.4, -0.2) is 0 Å². The van der Waals surface area contributed by atoms with Crippen molar-refractivity contribution < 1.29 is 0 Å². The molecule has 1 aromatic carbocycles. The van der Waals surface area contributed by atoms with E-state index in [2.05, 4.69) is 6.92 Å². The Hall–Kier alpha value is -0.530. The molecule has 1 atom stereocenters. The fourth-order valence-corrected chi connectivity index (χ4v) is 1.63. The second-order valence-electron chi connectivity index (χ2n) is 3.27. The zero-order valence-corrected chi connectivity index (χ0v) is 8.72. The molecule has 0 aliphatic rings. The highest BCUT2D eigenvalue weighted by Gasteiger charge is 2.07. The maximum Gasteiger partial charge on any atom is 0.0453 e. The topological polar surface area (TPSA) is 26.0 Å². The first kappa shape index (κ1) is 10.6. The van der Waals surface area contributed by atoms with Gasteiger partial charge in [0.15, 0.2) is 0 Å². The first-order chi connectivity index (χ1) is 6.25. The Kier molecular flexibility index (Phi) is 4.26. The molecule has 0 unspecified atom stereocenters. The Labute approximate surface area is 84.9 Å². The third-order valence-electron chi connectivity index (χ3n) is 2.17. The van der Waals surface area contributed by atoms with Crippen LogP contribution in [0.15, 0.2) is 24.3 Å². The Bertz CT molecular complexity index is 260. The van der Waals surface area contributed by atoms with E-state index in [-0.39, 0.29) is 6.04 Å². The lowest BCUT2D eigenvalue weighted by atomic mass is 10.0. The molecule has 1 rings (SSSR count). The summed E-state index contributed by atoms with van der Waals surface area (Å²) in [5.74, 6) is 0. The van der Waals surface area contributed by atoms with Gasteiger partial charge in [-0.25, -0.2) is 0 Å². The highest BCUT2D eigenvalue weighted by Crippen LogP contribution is 2.24. The van der Waals surface area contributed by atoms with Crippen LogP contribution in [0.2, 0.25) is 5.02 Å². The highest BCUT2D eigenvalue weighted by atomic mass is 35.5. The third-order valence-corrected chi connectivity index (χ3v) is 2.52. The van der Waals surface area contributed by atoms with Gasteiger partial charge >= 0.3 is 0 Å². The van der Waals surface area contributed by atoms with E-state index >= 15 is 0 Å². The lowest BCUT2D eigenvalue weighted by Crippen LogP contribution is -2.10. The van der Waals surface area contributed by atoms with E-state index < -0.39 is 0 Å². The predicted octanol–water partition coefficient (Wildman–Crippen LogP) is 3.53. The van der Waals surface area contributed by atoms with Crippen LogP contribution < -0.4 is 5.73 Å². The number of benzene rings is 1. The lowest BCUT2D eigenvalue weighted by Gasteiger charge is -2.12. The van der Waals surface area contributed by atoms with Crippen LogP contribution in [-0.2, 0) is 0 Å². The SMILES string of the molecule is CCCC[C@H](N)c1ccccc1Cl. The van der Waals surface area contributed by atoms with Crippen LogP contribution >= 0.6 is 11.6 Å². The van der Waals surface area contributed by atoms with E-state index in [0.717, 1.165) is 23.4 Å². The van der Waals surface area contributed by atoms with Crippen molar-refractivity contribution in [1.29, 1.82) is 0 Å². The number of unbranched alkanes of at least 4 members (excludes halogenated alkanes) is 1. The standard InChI is InChI=1S/C11H16ClN/c1-2-3-8-11(13)9-6-4-5-7-10(9)12/h4-7,11H,2-3,8,13H2,1H3/t11-/m0/s1. The molecule has 0 radical (unpaired) electrons. The first-order valence-electron chi connectivity index (χ1n) is 4.75. The van der Waals surface area contributed by atoms with E-state index in [9.17, 15) is 0 Å². The lowest BCUT2D eigenvalue weighted by molar-refractivity contribution is 0.603. The van der Waals surface area contributed by atoms with Gasteiger partial charge in [-0.2, -0.15) is 0 Å². The Morgan fingerprint density at radius 3 is 2.69 bits per heavy atom. The molecule has 0 aliphatic heterocycles. The Morgan fingerprint density at radius 1 is 1.38 bits per heavy atom. The summed E-state index contributed by atoms with van der Waals surface area (Å²) < 4.78 is 0. The molecule has 0 aliphatic carbocycles. The smallest absolute Gasteiger partial charge is 0.0453 e. The summed E-state index contributed by atoms with van der Waals surface area (Å²) in [6, 6.07) is 7.89. The minimum absolute atomic E-state index is 0.0913. The number of halogens is 1. The fraction of sp³-hybridized carbons (Fsp3) is 0.455.